The fourth-order valence-corrected chi connectivity index (χ4v) is 4.15. The summed E-state index contributed by atoms with van der Waals surface area (Å²) in [6.45, 7) is 4.25. The molecule has 1 aliphatic carbocycles. The molecule has 22 heavy (non-hydrogen) atoms. The first kappa shape index (κ1) is 13.8. The van der Waals surface area contributed by atoms with Crippen molar-refractivity contribution in [1.82, 2.24) is 4.90 Å². The summed E-state index contributed by atoms with van der Waals surface area (Å²) in [6.07, 6.45) is 2.91. The first-order valence-electron chi connectivity index (χ1n) is 8.06. The predicted octanol–water partition coefficient (Wildman–Crippen LogP) is 4.06. The van der Waals surface area contributed by atoms with Crippen LogP contribution in [0.2, 0.25) is 0 Å². The van der Waals surface area contributed by atoms with Gasteiger partial charge in [-0.2, -0.15) is 0 Å². The molecule has 0 radical (unpaired) electrons. The van der Waals surface area contributed by atoms with Gasteiger partial charge in [-0.15, -0.1) is 0 Å². The summed E-state index contributed by atoms with van der Waals surface area (Å²) in [5.74, 6) is 0.0592. The molecule has 114 valence electrons. The highest BCUT2D eigenvalue weighted by Gasteiger charge is 2.35. The van der Waals surface area contributed by atoms with E-state index in [1.807, 2.05) is 6.07 Å². The van der Waals surface area contributed by atoms with E-state index in [0.717, 1.165) is 54.6 Å². The first-order valence-corrected chi connectivity index (χ1v) is 8.06. The van der Waals surface area contributed by atoms with Gasteiger partial charge in [-0.05, 0) is 66.3 Å². The third kappa shape index (κ3) is 1.96. The van der Waals surface area contributed by atoms with Crippen molar-refractivity contribution in [2.24, 2.45) is 0 Å². The Morgan fingerprint density at radius 1 is 1.27 bits per heavy atom. The molecule has 2 aromatic carbocycles. The van der Waals surface area contributed by atoms with Gasteiger partial charge < -0.3 is 5.11 Å². The van der Waals surface area contributed by atoms with Gasteiger partial charge in [-0.3, -0.25) is 4.90 Å². The topological polar surface area (TPSA) is 23.5 Å². The molecule has 0 amide bonds. The molecule has 1 atom stereocenters. The van der Waals surface area contributed by atoms with Crippen molar-refractivity contribution in [2.45, 2.75) is 32.2 Å². The number of fused-ring (bicyclic) bond motifs is 2. The Labute approximate surface area is 130 Å². The van der Waals surface area contributed by atoms with E-state index in [1.165, 1.54) is 5.56 Å². The molecule has 0 bridgehead atoms. The minimum atomic E-state index is -0.201. The van der Waals surface area contributed by atoms with Crippen molar-refractivity contribution in [3.63, 3.8) is 0 Å². The van der Waals surface area contributed by atoms with Crippen LogP contribution in [-0.2, 0) is 12.8 Å². The first-order chi connectivity index (χ1) is 10.7. The molecule has 0 aromatic heterocycles. The Morgan fingerprint density at radius 2 is 2.14 bits per heavy atom. The molecule has 1 N–H and O–H groups in total. The zero-order valence-corrected chi connectivity index (χ0v) is 12.8. The number of hydrogen-bond acceptors (Lipinski definition) is 2. The van der Waals surface area contributed by atoms with Crippen LogP contribution in [0.3, 0.4) is 0 Å². The van der Waals surface area contributed by atoms with Crippen LogP contribution in [0.25, 0.3) is 11.1 Å². The van der Waals surface area contributed by atoms with Crippen LogP contribution in [0.5, 0.6) is 5.75 Å². The second kappa shape index (κ2) is 5.10. The highest BCUT2D eigenvalue weighted by molar-refractivity contribution is 5.80. The molecule has 2 aliphatic rings. The second-order valence-electron chi connectivity index (χ2n) is 6.34. The van der Waals surface area contributed by atoms with Crippen LogP contribution in [0.1, 0.15) is 36.1 Å². The van der Waals surface area contributed by atoms with E-state index < -0.39 is 0 Å². The Bertz CT molecular complexity index is 740. The Hall–Kier alpha value is -1.87. The summed E-state index contributed by atoms with van der Waals surface area (Å²) >= 11 is 0. The fraction of sp³-hybridized carbons (Fsp3) is 0.368. The average molecular weight is 297 g/mol. The van der Waals surface area contributed by atoms with Crippen LogP contribution in [0.4, 0.5) is 4.39 Å². The fourth-order valence-electron chi connectivity index (χ4n) is 4.15. The Morgan fingerprint density at radius 3 is 2.95 bits per heavy atom. The lowest BCUT2D eigenvalue weighted by molar-refractivity contribution is 0.182. The van der Waals surface area contributed by atoms with Crippen LogP contribution in [0, 0.1) is 5.82 Å². The zero-order chi connectivity index (χ0) is 15.3. The molecular formula is C19H20FNO. The van der Waals surface area contributed by atoms with Gasteiger partial charge in [0.25, 0.3) is 0 Å². The maximum Gasteiger partial charge on any atom is 0.124 e. The van der Waals surface area contributed by atoms with Crippen molar-refractivity contribution in [3.05, 3.63) is 52.8 Å². The zero-order valence-electron chi connectivity index (χ0n) is 12.8. The summed E-state index contributed by atoms with van der Waals surface area (Å²) in [5, 5.41) is 10.3. The van der Waals surface area contributed by atoms with Crippen molar-refractivity contribution < 1.29 is 9.50 Å². The number of halogens is 1. The third-order valence-corrected chi connectivity index (χ3v) is 4.99. The summed E-state index contributed by atoms with van der Waals surface area (Å²) in [4.78, 5) is 2.51. The minimum Gasteiger partial charge on any atom is -0.507 e. The van der Waals surface area contributed by atoms with E-state index in [0.29, 0.717) is 6.04 Å². The van der Waals surface area contributed by atoms with Crippen LogP contribution in [-0.4, -0.2) is 23.1 Å². The summed E-state index contributed by atoms with van der Waals surface area (Å²) in [5.41, 5.74) is 5.18. The quantitative estimate of drug-likeness (QED) is 0.903. The smallest absolute Gasteiger partial charge is 0.124 e. The monoisotopic (exact) mass is 297 g/mol. The highest BCUT2D eigenvalue weighted by Crippen LogP contribution is 2.48. The lowest BCUT2D eigenvalue weighted by Gasteiger charge is -2.41. The number of rotatable bonds is 2. The number of phenols is 1. The van der Waals surface area contributed by atoms with Gasteiger partial charge in [0.2, 0.25) is 0 Å². The standard InChI is InChI=1S/C19H20FNO/c1-2-7-21-8-6-13-9-14(20)11-15-18(13)16(21)10-12-4-3-5-17(22)19(12)15/h3-5,9,11,16,22H,2,6-8,10H2,1H3. The third-order valence-electron chi connectivity index (χ3n) is 4.99. The highest BCUT2D eigenvalue weighted by atomic mass is 19.1. The normalized spacial score (nSPS) is 19.6. The van der Waals surface area contributed by atoms with Crippen LogP contribution < -0.4 is 0 Å². The number of hydrogen-bond donors (Lipinski definition) is 1. The number of phenolic OH excluding ortho intramolecular Hbond substituents is 1. The molecule has 0 fully saturated rings. The maximum absolute atomic E-state index is 14.1. The van der Waals surface area contributed by atoms with E-state index >= 15 is 0 Å². The molecule has 4 rings (SSSR count). The van der Waals surface area contributed by atoms with Gasteiger partial charge in [-0.1, -0.05) is 19.1 Å². The molecule has 1 aliphatic heterocycles. The molecule has 3 heteroatoms. The maximum atomic E-state index is 14.1. The lowest BCUT2D eigenvalue weighted by Crippen LogP contribution is -2.39. The van der Waals surface area contributed by atoms with E-state index in [2.05, 4.69) is 17.9 Å². The summed E-state index contributed by atoms with van der Waals surface area (Å²) < 4.78 is 14.1. The van der Waals surface area contributed by atoms with Gasteiger partial charge in [0.05, 0.1) is 0 Å². The summed E-state index contributed by atoms with van der Waals surface area (Å²) in [7, 11) is 0. The molecule has 0 saturated carbocycles. The summed E-state index contributed by atoms with van der Waals surface area (Å²) in [6, 6.07) is 9.23. The molecule has 0 spiro atoms. The molecule has 2 aromatic rings. The van der Waals surface area contributed by atoms with E-state index in [1.54, 1.807) is 18.2 Å². The van der Waals surface area contributed by atoms with E-state index in [-0.39, 0.29) is 11.6 Å². The molecule has 1 heterocycles. The number of benzene rings is 2. The average Bonchev–Trinajstić information content (AvgIpc) is 2.49. The minimum absolute atomic E-state index is 0.201. The number of nitrogens with zero attached hydrogens (tertiary/aromatic N) is 1. The van der Waals surface area contributed by atoms with Gasteiger partial charge in [0.15, 0.2) is 0 Å². The molecule has 0 saturated heterocycles. The second-order valence-corrected chi connectivity index (χ2v) is 6.34. The van der Waals surface area contributed by atoms with Crippen molar-refractivity contribution >= 4 is 0 Å². The van der Waals surface area contributed by atoms with Gasteiger partial charge in [0.1, 0.15) is 11.6 Å². The SMILES string of the molecule is CCCN1CCc2cc(F)cc3c2C1Cc1cccc(O)c1-3. The number of aromatic hydroxyl groups is 1. The molecular weight excluding hydrogens is 277 g/mol. The van der Waals surface area contributed by atoms with E-state index in [9.17, 15) is 9.50 Å². The Balaban J connectivity index is 1.96. The Kier molecular flexibility index (Phi) is 3.19. The van der Waals surface area contributed by atoms with Gasteiger partial charge >= 0.3 is 0 Å². The van der Waals surface area contributed by atoms with Crippen LogP contribution >= 0.6 is 0 Å². The molecule has 2 nitrogen and oxygen atoms in total. The van der Waals surface area contributed by atoms with Gasteiger partial charge in [-0.25, -0.2) is 4.39 Å². The van der Waals surface area contributed by atoms with Crippen molar-refractivity contribution in [3.8, 4) is 16.9 Å². The van der Waals surface area contributed by atoms with E-state index in [4.69, 9.17) is 0 Å². The van der Waals surface area contributed by atoms with Crippen molar-refractivity contribution in [2.75, 3.05) is 13.1 Å². The lowest BCUT2D eigenvalue weighted by atomic mass is 9.76. The largest absolute Gasteiger partial charge is 0.507 e. The van der Waals surface area contributed by atoms with Gasteiger partial charge in [0, 0.05) is 18.2 Å². The van der Waals surface area contributed by atoms with Crippen LogP contribution in [0.15, 0.2) is 30.3 Å². The molecule has 1 unspecified atom stereocenters. The predicted molar refractivity (Wildman–Crippen MR) is 85.5 cm³/mol. The van der Waals surface area contributed by atoms with Crippen molar-refractivity contribution in [1.29, 1.82) is 0 Å².